The lowest BCUT2D eigenvalue weighted by Gasteiger charge is -2.10. The average molecular weight is 191 g/mol. The van der Waals surface area contributed by atoms with Gasteiger partial charge in [-0.25, -0.2) is 9.78 Å². The third-order valence-corrected chi connectivity index (χ3v) is 1.80. The fourth-order valence-corrected chi connectivity index (χ4v) is 1.14. The van der Waals surface area contributed by atoms with E-state index in [1.54, 1.807) is 6.07 Å². The molecule has 1 aliphatic rings. The lowest BCUT2D eigenvalue weighted by Crippen LogP contribution is -2.29. The third-order valence-electron chi connectivity index (χ3n) is 1.80. The number of carboxylic acids is 1. The van der Waals surface area contributed by atoms with Crippen LogP contribution < -0.4 is 0 Å². The van der Waals surface area contributed by atoms with E-state index < -0.39 is 17.8 Å². The first-order valence-corrected chi connectivity index (χ1v) is 3.83. The summed E-state index contributed by atoms with van der Waals surface area (Å²) in [5.41, 5.74) is 0.204. The van der Waals surface area contributed by atoms with Gasteiger partial charge >= 0.3 is 5.97 Å². The molecule has 1 unspecified atom stereocenters. The van der Waals surface area contributed by atoms with Crippen LogP contribution in [0.4, 0.5) is 5.82 Å². The number of carbonyl (C=O) groups is 2. The molecule has 1 atom stereocenters. The number of rotatable bonds is 1. The maximum Gasteiger partial charge on any atom is 0.338 e. The number of carbonyl (C=O) groups excluding carboxylic acids is 1. The predicted molar refractivity (Wildman–Crippen MR) is 44.5 cm³/mol. The van der Waals surface area contributed by atoms with Crippen molar-refractivity contribution in [2.75, 3.05) is 0 Å². The zero-order chi connectivity index (χ0) is 10.1. The Bertz CT molecular complexity index is 441. The molecule has 0 amide bonds. The highest BCUT2D eigenvalue weighted by Crippen LogP contribution is 2.23. The number of aliphatic carboxylic acids is 1. The minimum Gasteiger partial charge on any atom is -0.479 e. The van der Waals surface area contributed by atoms with Crippen LogP contribution in [0, 0.1) is 0 Å². The van der Waals surface area contributed by atoms with Crippen molar-refractivity contribution in [3.63, 3.8) is 0 Å². The van der Waals surface area contributed by atoms with Gasteiger partial charge in [-0.2, -0.15) is 5.11 Å². The highest BCUT2D eigenvalue weighted by atomic mass is 16.4. The molecule has 0 saturated carbocycles. The molecule has 6 nitrogen and oxygen atoms in total. The van der Waals surface area contributed by atoms with Gasteiger partial charge in [0, 0.05) is 6.20 Å². The third kappa shape index (κ3) is 1.17. The van der Waals surface area contributed by atoms with Crippen molar-refractivity contribution in [2.45, 2.75) is 6.04 Å². The van der Waals surface area contributed by atoms with E-state index in [0.717, 1.165) is 0 Å². The Morgan fingerprint density at radius 3 is 3.00 bits per heavy atom. The van der Waals surface area contributed by atoms with Crippen LogP contribution in [0.3, 0.4) is 0 Å². The van der Waals surface area contributed by atoms with Crippen molar-refractivity contribution in [3.05, 3.63) is 23.9 Å². The van der Waals surface area contributed by atoms with Crippen LogP contribution in [0.1, 0.15) is 10.4 Å². The van der Waals surface area contributed by atoms with Gasteiger partial charge in [-0.15, -0.1) is 5.11 Å². The molecule has 70 valence electrons. The largest absolute Gasteiger partial charge is 0.479 e. The number of ketones is 1. The second-order valence-corrected chi connectivity index (χ2v) is 2.70. The van der Waals surface area contributed by atoms with Gasteiger partial charge in [0.2, 0.25) is 11.8 Å². The van der Waals surface area contributed by atoms with E-state index in [0.29, 0.717) is 0 Å². The van der Waals surface area contributed by atoms with Crippen molar-refractivity contribution in [1.29, 1.82) is 0 Å². The van der Waals surface area contributed by atoms with Gasteiger partial charge in [0.1, 0.15) is 0 Å². The molecule has 1 aromatic rings. The first-order chi connectivity index (χ1) is 6.70. The van der Waals surface area contributed by atoms with Crippen LogP contribution in [0.25, 0.3) is 0 Å². The topological polar surface area (TPSA) is 92.0 Å². The second-order valence-electron chi connectivity index (χ2n) is 2.70. The fraction of sp³-hybridized carbons (Fsp3) is 0.125. The molecule has 0 spiro atoms. The number of pyridine rings is 1. The van der Waals surface area contributed by atoms with Gasteiger partial charge in [0.15, 0.2) is 5.82 Å². The summed E-state index contributed by atoms with van der Waals surface area (Å²) in [5, 5.41) is 15.6. The van der Waals surface area contributed by atoms with Gasteiger partial charge in [-0.1, -0.05) is 0 Å². The smallest absolute Gasteiger partial charge is 0.338 e. The minimum absolute atomic E-state index is 0.176. The maximum atomic E-state index is 11.5. The molecule has 1 aliphatic heterocycles. The first kappa shape index (κ1) is 8.49. The van der Waals surface area contributed by atoms with Gasteiger partial charge in [-0.3, -0.25) is 4.79 Å². The highest BCUT2D eigenvalue weighted by molar-refractivity contribution is 6.14. The Balaban J connectivity index is 2.50. The molecule has 1 N–H and O–H groups in total. The number of nitrogens with zero attached hydrogens (tertiary/aromatic N) is 3. The lowest BCUT2D eigenvalue weighted by molar-refractivity contribution is -0.137. The molecule has 0 aromatic carbocycles. The molecule has 2 rings (SSSR count). The molecule has 14 heavy (non-hydrogen) atoms. The average Bonchev–Trinajstić information content (AvgIpc) is 2.18. The molecular weight excluding hydrogens is 186 g/mol. The molecule has 2 heterocycles. The first-order valence-electron chi connectivity index (χ1n) is 3.83. The molecule has 0 radical (unpaired) electrons. The van der Waals surface area contributed by atoms with Crippen molar-refractivity contribution < 1.29 is 14.7 Å². The molecule has 0 fully saturated rings. The SMILES string of the molecule is O=C(O)C1N=Nc2ncccc2C1=O. The van der Waals surface area contributed by atoms with Crippen LogP contribution in [0.5, 0.6) is 0 Å². The van der Waals surface area contributed by atoms with Crippen LogP contribution in [0.15, 0.2) is 28.6 Å². The Kier molecular flexibility index (Phi) is 1.81. The summed E-state index contributed by atoms with van der Waals surface area (Å²) in [6, 6.07) is 1.61. The van der Waals surface area contributed by atoms with E-state index in [1.807, 2.05) is 0 Å². The molecule has 0 aliphatic carbocycles. The summed E-state index contributed by atoms with van der Waals surface area (Å²) >= 11 is 0. The Morgan fingerprint density at radius 2 is 2.29 bits per heavy atom. The molecule has 6 heteroatoms. The zero-order valence-electron chi connectivity index (χ0n) is 6.91. The predicted octanol–water partition coefficient (Wildman–Crippen LogP) is 0.815. The summed E-state index contributed by atoms with van der Waals surface area (Å²) < 4.78 is 0. The summed E-state index contributed by atoms with van der Waals surface area (Å²) in [6.07, 6.45) is 1.46. The van der Waals surface area contributed by atoms with Crippen molar-refractivity contribution in [3.8, 4) is 0 Å². The highest BCUT2D eigenvalue weighted by Gasteiger charge is 2.32. The van der Waals surface area contributed by atoms with E-state index in [1.165, 1.54) is 12.3 Å². The van der Waals surface area contributed by atoms with Crippen LogP contribution in [-0.4, -0.2) is 27.9 Å². The van der Waals surface area contributed by atoms with Crippen molar-refractivity contribution in [1.82, 2.24) is 4.98 Å². The second kappa shape index (κ2) is 2.99. The number of Topliss-reactive ketones (excluding diaryl/α,β-unsaturated/α-hetero) is 1. The van der Waals surface area contributed by atoms with Crippen LogP contribution in [-0.2, 0) is 4.79 Å². The quantitative estimate of drug-likeness (QED) is 0.665. The number of aromatic nitrogens is 1. The van der Waals surface area contributed by atoms with E-state index in [4.69, 9.17) is 5.11 Å². The van der Waals surface area contributed by atoms with Crippen molar-refractivity contribution in [2.24, 2.45) is 10.2 Å². The lowest BCUT2D eigenvalue weighted by atomic mass is 10.0. The number of azo groups is 1. The minimum atomic E-state index is -1.42. The van der Waals surface area contributed by atoms with E-state index in [-0.39, 0.29) is 11.4 Å². The summed E-state index contributed by atoms with van der Waals surface area (Å²) in [5.74, 6) is -1.70. The Labute approximate surface area is 78.3 Å². The number of hydrogen-bond donors (Lipinski definition) is 1. The Morgan fingerprint density at radius 1 is 1.50 bits per heavy atom. The molecule has 0 bridgehead atoms. The van der Waals surface area contributed by atoms with Crippen molar-refractivity contribution >= 4 is 17.6 Å². The summed E-state index contributed by atoms with van der Waals surface area (Å²) in [6.45, 7) is 0. The molecule has 0 saturated heterocycles. The molecule has 1 aromatic heterocycles. The summed E-state index contributed by atoms with van der Waals surface area (Å²) in [4.78, 5) is 25.9. The monoisotopic (exact) mass is 191 g/mol. The van der Waals surface area contributed by atoms with E-state index in [2.05, 4.69) is 15.2 Å². The number of fused-ring (bicyclic) bond motifs is 1. The number of hydrogen-bond acceptors (Lipinski definition) is 5. The maximum absolute atomic E-state index is 11.5. The fourth-order valence-electron chi connectivity index (χ4n) is 1.14. The normalized spacial score (nSPS) is 19.1. The van der Waals surface area contributed by atoms with Gasteiger partial charge in [-0.05, 0) is 12.1 Å². The summed E-state index contributed by atoms with van der Waals surface area (Å²) in [7, 11) is 0. The van der Waals surface area contributed by atoms with Gasteiger partial charge < -0.3 is 5.11 Å². The van der Waals surface area contributed by atoms with Crippen LogP contribution in [0.2, 0.25) is 0 Å². The number of carboxylic acid groups (broad SMARTS) is 1. The van der Waals surface area contributed by atoms with E-state index >= 15 is 0 Å². The van der Waals surface area contributed by atoms with Gasteiger partial charge in [0.05, 0.1) is 5.56 Å². The zero-order valence-corrected chi connectivity index (χ0v) is 6.91. The van der Waals surface area contributed by atoms with Gasteiger partial charge in [0.25, 0.3) is 0 Å². The van der Waals surface area contributed by atoms with E-state index in [9.17, 15) is 9.59 Å². The van der Waals surface area contributed by atoms with Crippen LogP contribution >= 0.6 is 0 Å². The standard InChI is InChI=1S/C8H5N3O3/c12-6-4-2-1-3-9-7(4)11-10-5(6)8(13)14/h1-3,5H,(H,13,14). The molecular formula is C8H5N3O3. The Hall–Kier alpha value is -2.11.